The van der Waals surface area contributed by atoms with Gasteiger partial charge in [0.15, 0.2) is 0 Å². The number of rotatable bonds is 6. The molecule has 0 radical (unpaired) electrons. The van der Waals surface area contributed by atoms with Gasteiger partial charge in [-0.1, -0.05) is 36.4 Å². The molecule has 4 aliphatic rings. The van der Waals surface area contributed by atoms with Crippen LogP contribution in [0, 0.1) is 11.3 Å². The van der Waals surface area contributed by atoms with Gasteiger partial charge < -0.3 is 24.6 Å². The number of hydrogen-bond donors (Lipinski definition) is 1. The maximum Gasteiger partial charge on any atom is 0.318 e. The molecule has 208 valence electrons. The average molecular weight is 540 g/mol. The quantitative estimate of drug-likeness (QED) is 0.507. The number of ether oxygens (including phenoxy) is 2. The molecule has 9 heteroatoms. The number of anilines is 2. The Labute approximate surface area is 235 Å². The van der Waals surface area contributed by atoms with Crippen LogP contribution in [-0.2, 0) is 17.7 Å². The van der Waals surface area contributed by atoms with Crippen molar-refractivity contribution in [2.24, 2.45) is 0 Å². The van der Waals surface area contributed by atoms with Crippen LogP contribution in [0.2, 0.25) is 0 Å². The second-order valence-electron chi connectivity index (χ2n) is 11.7. The van der Waals surface area contributed by atoms with Crippen LogP contribution in [0.3, 0.4) is 0 Å². The molecule has 1 aromatic heterocycles. The van der Waals surface area contributed by atoms with Crippen molar-refractivity contribution in [2.45, 2.75) is 49.9 Å². The lowest BCUT2D eigenvalue weighted by molar-refractivity contribution is -0.0799. The lowest BCUT2D eigenvalue weighted by atomic mass is 10.0. The molecule has 0 amide bonds. The van der Waals surface area contributed by atoms with E-state index in [1.54, 1.807) is 0 Å². The smallest absolute Gasteiger partial charge is 0.318 e. The number of aromatic nitrogens is 2. The van der Waals surface area contributed by atoms with Crippen molar-refractivity contribution >= 4 is 22.3 Å². The highest BCUT2D eigenvalue weighted by atomic mass is 16.5. The Morgan fingerprint density at radius 3 is 2.83 bits per heavy atom. The predicted octanol–water partition coefficient (Wildman–Crippen LogP) is 3.13. The van der Waals surface area contributed by atoms with E-state index in [9.17, 15) is 5.26 Å². The number of nitrogens with one attached hydrogen (secondary N) is 1. The third-order valence-electron chi connectivity index (χ3n) is 9.12. The fraction of sp³-hybridized carbons (Fsp3) is 0.516. The Kier molecular flexibility index (Phi) is 6.70. The summed E-state index contributed by atoms with van der Waals surface area (Å²) in [6, 6.07) is 17.9. The van der Waals surface area contributed by atoms with Gasteiger partial charge in [-0.25, -0.2) is 0 Å². The van der Waals surface area contributed by atoms with Crippen LogP contribution in [0.5, 0.6) is 6.01 Å². The van der Waals surface area contributed by atoms with Crippen molar-refractivity contribution in [1.29, 1.82) is 5.26 Å². The molecule has 3 aliphatic heterocycles. The maximum absolute atomic E-state index is 9.30. The van der Waals surface area contributed by atoms with Gasteiger partial charge in [-0.15, -0.1) is 0 Å². The zero-order chi connectivity index (χ0) is 27.1. The number of nitrogens with zero attached hydrogens (tertiary/aromatic N) is 6. The molecule has 9 nitrogen and oxygen atoms in total. The highest BCUT2D eigenvalue weighted by molar-refractivity contribution is 5.94. The standard InChI is InChI=1S/C31H37N7O2/c1-36-18-24(40-21-31(36)11-12-31)20-39-30-34-27-19-37(28-8-4-6-22-5-2-3-7-25(22)28)15-10-26(27)29(35-30)38-16-14-33-23(17-38)9-13-32/h2-8,23-24,33H,9-12,14-21H2,1H3/t23-,24+/m0/s1. The molecule has 1 N–H and O–H groups in total. The van der Waals surface area contributed by atoms with E-state index in [1.165, 1.54) is 34.9 Å². The summed E-state index contributed by atoms with van der Waals surface area (Å²) in [5, 5.41) is 15.3. The van der Waals surface area contributed by atoms with E-state index in [2.05, 4.69) is 75.6 Å². The molecule has 4 heterocycles. The normalized spacial score (nSPS) is 24.1. The van der Waals surface area contributed by atoms with E-state index in [0.717, 1.165) is 57.3 Å². The summed E-state index contributed by atoms with van der Waals surface area (Å²) in [6.45, 7) is 6.09. The molecule has 1 spiro atoms. The monoisotopic (exact) mass is 539 g/mol. The lowest BCUT2D eigenvalue weighted by Crippen LogP contribution is -2.51. The summed E-state index contributed by atoms with van der Waals surface area (Å²) < 4.78 is 12.5. The Morgan fingerprint density at radius 2 is 1.98 bits per heavy atom. The largest absolute Gasteiger partial charge is 0.461 e. The van der Waals surface area contributed by atoms with Crippen LogP contribution in [0.4, 0.5) is 11.5 Å². The molecule has 3 fully saturated rings. The van der Waals surface area contributed by atoms with Gasteiger partial charge in [0, 0.05) is 60.9 Å². The van der Waals surface area contributed by atoms with Crippen molar-refractivity contribution in [2.75, 3.05) is 62.8 Å². The summed E-state index contributed by atoms with van der Waals surface area (Å²) in [6.07, 6.45) is 3.79. The van der Waals surface area contributed by atoms with Gasteiger partial charge in [-0.2, -0.15) is 15.2 Å². The number of benzene rings is 2. The molecule has 3 aromatic rings. The van der Waals surface area contributed by atoms with Gasteiger partial charge in [0.1, 0.15) is 18.5 Å². The predicted molar refractivity (Wildman–Crippen MR) is 155 cm³/mol. The van der Waals surface area contributed by atoms with Gasteiger partial charge in [-0.05, 0) is 37.8 Å². The van der Waals surface area contributed by atoms with E-state index in [4.69, 9.17) is 19.4 Å². The molecule has 2 saturated heterocycles. The molecule has 1 saturated carbocycles. The van der Waals surface area contributed by atoms with Crippen molar-refractivity contribution in [1.82, 2.24) is 20.2 Å². The summed E-state index contributed by atoms with van der Waals surface area (Å²) in [4.78, 5) is 17.2. The van der Waals surface area contributed by atoms with E-state index in [0.29, 0.717) is 25.6 Å². The molecular formula is C31H37N7O2. The number of likely N-dealkylation sites (N-methyl/N-ethyl adjacent to an activating group) is 1. The molecule has 2 aromatic carbocycles. The van der Waals surface area contributed by atoms with Crippen LogP contribution < -0.4 is 19.9 Å². The molecule has 0 bridgehead atoms. The van der Waals surface area contributed by atoms with Crippen molar-refractivity contribution in [3.05, 3.63) is 53.7 Å². The second-order valence-corrected chi connectivity index (χ2v) is 11.7. The average Bonchev–Trinajstić information content (AvgIpc) is 3.78. The molecule has 1 aliphatic carbocycles. The van der Waals surface area contributed by atoms with Gasteiger partial charge >= 0.3 is 6.01 Å². The molecule has 2 atom stereocenters. The highest BCUT2D eigenvalue weighted by Gasteiger charge is 2.50. The molecule has 0 unspecified atom stereocenters. The number of fused-ring (bicyclic) bond motifs is 2. The Bertz CT molecular complexity index is 1430. The lowest BCUT2D eigenvalue weighted by Gasteiger charge is -2.38. The summed E-state index contributed by atoms with van der Waals surface area (Å²) in [7, 11) is 2.19. The van der Waals surface area contributed by atoms with Crippen molar-refractivity contribution < 1.29 is 9.47 Å². The zero-order valence-corrected chi connectivity index (χ0v) is 23.2. The second kappa shape index (κ2) is 10.5. The van der Waals surface area contributed by atoms with Crippen LogP contribution in [0.1, 0.15) is 30.5 Å². The third kappa shape index (κ3) is 4.85. The number of piperazine rings is 1. The minimum Gasteiger partial charge on any atom is -0.461 e. The molecular weight excluding hydrogens is 502 g/mol. The van der Waals surface area contributed by atoms with Crippen LogP contribution in [-0.4, -0.2) is 85.5 Å². The van der Waals surface area contributed by atoms with Crippen LogP contribution in [0.25, 0.3) is 10.8 Å². The van der Waals surface area contributed by atoms with Crippen LogP contribution >= 0.6 is 0 Å². The van der Waals surface area contributed by atoms with Gasteiger partial charge in [0.2, 0.25) is 0 Å². The topological polar surface area (TPSA) is 89.8 Å². The van der Waals surface area contributed by atoms with E-state index in [-0.39, 0.29) is 17.7 Å². The molecule has 7 rings (SSSR count). The minimum atomic E-state index is 0.00526. The Morgan fingerprint density at radius 1 is 1.10 bits per heavy atom. The summed E-state index contributed by atoms with van der Waals surface area (Å²) in [5.74, 6) is 0.959. The van der Waals surface area contributed by atoms with Crippen molar-refractivity contribution in [3.8, 4) is 12.1 Å². The Balaban J connectivity index is 1.17. The summed E-state index contributed by atoms with van der Waals surface area (Å²) in [5.41, 5.74) is 3.72. The Hall–Kier alpha value is -3.45. The van der Waals surface area contributed by atoms with Gasteiger partial charge in [0.05, 0.1) is 31.3 Å². The minimum absolute atomic E-state index is 0.00526. The van der Waals surface area contributed by atoms with Crippen LogP contribution in [0.15, 0.2) is 42.5 Å². The number of hydrogen-bond acceptors (Lipinski definition) is 9. The third-order valence-corrected chi connectivity index (χ3v) is 9.12. The van der Waals surface area contributed by atoms with E-state index < -0.39 is 0 Å². The first-order chi connectivity index (χ1) is 19.6. The first-order valence-electron chi connectivity index (χ1n) is 14.6. The van der Waals surface area contributed by atoms with Crippen molar-refractivity contribution in [3.63, 3.8) is 0 Å². The maximum atomic E-state index is 9.30. The highest BCUT2D eigenvalue weighted by Crippen LogP contribution is 2.43. The SMILES string of the molecule is CN1C[C@H](COc2nc3c(c(N4CCN[C@@H](CC#N)C4)n2)CCN(c2cccc4ccccc24)C3)OCC12CC2. The first kappa shape index (κ1) is 25.5. The zero-order valence-electron chi connectivity index (χ0n) is 23.2. The fourth-order valence-electron chi connectivity index (χ4n) is 6.54. The molecule has 40 heavy (non-hydrogen) atoms. The van der Waals surface area contributed by atoms with Gasteiger partial charge in [-0.3, -0.25) is 4.90 Å². The number of nitriles is 1. The number of morpholine rings is 1. The van der Waals surface area contributed by atoms with Gasteiger partial charge in [0.25, 0.3) is 0 Å². The van der Waals surface area contributed by atoms with E-state index in [1.807, 2.05) is 0 Å². The summed E-state index contributed by atoms with van der Waals surface area (Å²) >= 11 is 0. The first-order valence-corrected chi connectivity index (χ1v) is 14.6. The fourth-order valence-corrected chi connectivity index (χ4v) is 6.54. The van der Waals surface area contributed by atoms with E-state index >= 15 is 0 Å².